The van der Waals surface area contributed by atoms with Gasteiger partial charge >= 0.3 is 0 Å². The van der Waals surface area contributed by atoms with Crippen LogP contribution >= 0.6 is 0 Å². The lowest BCUT2D eigenvalue weighted by molar-refractivity contribution is -0.118. The highest BCUT2D eigenvalue weighted by Gasteiger charge is 2.11. The van der Waals surface area contributed by atoms with Crippen LogP contribution in [0.2, 0.25) is 0 Å². The molecule has 7 heteroatoms. The molecular weight excluding hydrogens is 392 g/mol. The Morgan fingerprint density at radius 1 is 0.968 bits per heavy atom. The van der Waals surface area contributed by atoms with E-state index in [1.165, 1.54) is 0 Å². The van der Waals surface area contributed by atoms with E-state index in [1.807, 2.05) is 55.5 Å². The Bertz CT molecular complexity index is 1130. The minimum Gasteiger partial charge on any atom is -0.484 e. The Balaban J connectivity index is 1.31. The summed E-state index contributed by atoms with van der Waals surface area (Å²) in [5.41, 5.74) is 1.93. The van der Waals surface area contributed by atoms with Crippen molar-refractivity contribution in [3.05, 3.63) is 96.3 Å². The number of nitrogens with one attached hydrogen (secondary N) is 1. The van der Waals surface area contributed by atoms with Crippen molar-refractivity contribution in [1.82, 2.24) is 14.8 Å². The molecule has 0 saturated heterocycles. The third-order valence-electron chi connectivity index (χ3n) is 4.40. The third kappa shape index (κ3) is 5.70. The maximum Gasteiger partial charge on any atom is 0.263 e. The summed E-state index contributed by atoms with van der Waals surface area (Å²) in [6.45, 7) is 2.35. The van der Waals surface area contributed by atoms with Crippen LogP contribution in [0, 0.1) is 6.92 Å². The van der Waals surface area contributed by atoms with Crippen LogP contribution in [-0.4, -0.2) is 27.3 Å². The van der Waals surface area contributed by atoms with Crippen molar-refractivity contribution in [3.63, 3.8) is 0 Å². The highest BCUT2D eigenvalue weighted by molar-refractivity contribution is 5.91. The number of aromatic nitrogens is 3. The second-order valence-electron chi connectivity index (χ2n) is 6.89. The van der Waals surface area contributed by atoms with Crippen LogP contribution in [0.1, 0.15) is 11.3 Å². The lowest BCUT2D eigenvalue weighted by Gasteiger charge is -2.10. The van der Waals surface area contributed by atoms with Gasteiger partial charge in [-0.2, -0.15) is 5.10 Å². The summed E-state index contributed by atoms with van der Waals surface area (Å²) < 4.78 is 13.0. The number of ether oxygens (including phenoxy) is 2. The highest BCUT2D eigenvalue weighted by Crippen LogP contribution is 2.22. The number of amides is 1. The van der Waals surface area contributed by atoms with Crippen LogP contribution in [-0.2, 0) is 11.3 Å². The Morgan fingerprint density at radius 2 is 1.71 bits per heavy atom. The van der Waals surface area contributed by atoms with Gasteiger partial charge in [0.05, 0.1) is 12.2 Å². The summed E-state index contributed by atoms with van der Waals surface area (Å²) in [7, 11) is 0. The van der Waals surface area contributed by atoms with Gasteiger partial charge in [0.25, 0.3) is 5.91 Å². The summed E-state index contributed by atoms with van der Waals surface area (Å²) in [5, 5.41) is 7.33. The molecule has 2 heterocycles. The van der Waals surface area contributed by atoms with Crippen molar-refractivity contribution < 1.29 is 14.3 Å². The van der Waals surface area contributed by atoms with E-state index in [-0.39, 0.29) is 12.5 Å². The van der Waals surface area contributed by atoms with E-state index in [2.05, 4.69) is 15.4 Å². The smallest absolute Gasteiger partial charge is 0.263 e. The van der Waals surface area contributed by atoms with Gasteiger partial charge in [-0.05, 0) is 42.8 Å². The second-order valence-corrected chi connectivity index (χ2v) is 6.89. The minimum absolute atomic E-state index is 0.115. The molecule has 1 N–H and O–H groups in total. The first-order chi connectivity index (χ1) is 15.2. The first-order valence-electron chi connectivity index (χ1n) is 9.86. The lowest BCUT2D eigenvalue weighted by Crippen LogP contribution is -2.22. The average molecular weight is 414 g/mol. The summed E-state index contributed by atoms with van der Waals surface area (Å²) in [6.07, 6.45) is 1.67. The van der Waals surface area contributed by atoms with Crippen LogP contribution in [0.25, 0.3) is 0 Å². The normalized spacial score (nSPS) is 10.5. The van der Waals surface area contributed by atoms with E-state index in [4.69, 9.17) is 9.47 Å². The number of nitrogens with zero attached hydrogens (tertiary/aromatic N) is 3. The van der Waals surface area contributed by atoms with E-state index in [1.54, 1.807) is 41.2 Å². The quantitative estimate of drug-likeness (QED) is 0.461. The molecule has 0 fully saturated rings. The number of aryl methyl sites for hydroxylation is 1. The molecule has 156 valence electrons. The standard InChI is InChI=1S/C24H22N4O3/c1-18-15-22(28(27-18)16-19-7-3-2-4-8-19)26-23(29)17-30-20-10-12-21(13-11-20)31-24-9-5-6-14-25-24/h2-15H,16-17H2,1H3,(H,26,29). The molecule has 0 spiro atoms. The summed E-state index contributed by atoms with van der Waals surface area (Å²) in [4.78, 5) is 16.5. The Labute approximate surface area is 180 Å². The summed E-state index contributed by atoms with van der Waals surface area (Å²) in [6, 6.07) is 24.3. The van der Waals surface area contributed by atoms with Crippen molar-refractivity contribution in [2.45, 2.75) is 13.5 Å². The second kappa shape index (κ2) is 9.58. The molecule has 0 atom stereocenters. The number of carbonyl (C=O) groups excluding carboxylic acids is 1. The molecule has 7 nitrogen and oxygen atoms in total. The van der Waals surface area contributed by atoms with Crippen molar-refractivity contribution in [2.24, 2.45) is 0 Å². The molecule has 2 aromatic carbocycles. The zero-order valence-corrected chi connectivity index (χ0v) is 17.1. The van der Waals surface area contributed by atoms with Crippen LogP contribution in [0.4, 0.5) is 5.82 Å². The first-order valence-corrected chi connectivity index (χ1v) is 9.86. The molecule has 2 aromatic heterocycles. The highest BCUT2D eigenvalue weighted by atomic mass is 16.5. The molecule has 0 radical (unpaired) electrons. The number of benzene rings is 2. The molecule has 1 amide bonds. The fourth-order valence-electron chi connectivity index (χ4n) is 2.98. The van der Waals surface area contributed by atoms with Crippen LogP contribution in [0.5, 0.6) is 17.4 Å². The van der Waals surface area contributed by atoms with Crippen molar-refractivity contribution in [2.75, 3.05) is 11.9 Å². The molecular formula is C24H22N4O3. The van der Waals surface area contributed by atoms with Crippen molar-refractivity contribution in [1.29, 1.82) is 0 Å². The van der Waals surface area contributed by atoms with Gasteiger partial charge in [-0.25, -0.2) is 9.67 Å². The number of hydrogen-bond acceptors (Lipinski definition) is 5. The molecule has 0 unspecified atom stereocenters. The van der Waals surface area contributed by atoms with Gasteiger partial charge in [0, 0.05) is 18.3 Å². The number of carbonyl (C=O) groups is 1. The molecule has 0 aliphatic carbocycles. The maximum absolute atomic E-state index is 12.4. The van der Waals surface area contributed by atoms with Crippen LogP contribution in [0.15, 0.2) is 85.1 Å². The van der Waals surface area contributed by atoms with Gasteiger partial charge in [0.2, 0.25) is 5.88 Å². The fourth-order valence-corrected chi connectivity index (χ4v) is 2.98. The molecule has 0 aliphatic rings. The molecule has 0 bridgehead atoms. The fraction of sp³-hybridized carbons (Fsp3) is 0.125. The van der Waals surface area contributed by atoms with Gasteiger partial charge in [-0.1, -0.05) is 36.4 Å². The van der Waals surface area contributed by atoms with Gasteiger partial charge in [0.15, 0.2) is 6.61 Å². The number of rotatable bonds is 8. The van der Waals surface area contributed by atoms with E-state index in [0.29, 0.717) is 29.7 Å². The summed E-state index contributed by atoms with van der Waals surface area (Å²) >= 11 is 0. The Morgan fingerprint density at radius 3 is 2.45 bits per heavy atom. The van der Waals surface area contributed by atoms with Crippen molar-refractivity contribution >= 4 is 11.7 Å². The van der Waals surface area contributed by atoms with E-state index in [0.717, 1.165) is 11.3 Å². The van der Waals surface area contributed by atoms with Gasteiger partial charge in [-0.3, -0.25) is 4.79 Å². The first kappa shape index (κ1) is 20.2. The minimum atomic E-state index is -0.261. The maximum atomic E-state index is 12.4. The molecule has 0 saturated carbocycles. The average Bonchev–Trinajstić information content (AvgIpc) is 3.13. The van der Waals surface area contributed by atoms with Gasteiger partial charge in [-0.15, -0.1) is 0 Å². The molecule has 4 aromatic rings. The largest absolute Gasteiger partial charge is 0.484 e. The van der Waals surface area contributed by atoms with Crippen molar-refractivity contribution in [3.8, 4) is 17.4 Å². The van der Waals surface area contributed by atoms with E-state index < -0.39 is 0 Å². The van der Waals surface area contributed by atoms with Gasteiger partial charge in [0.1, 0.15) is 17.3 Å². The Hall–Kier alpha value is -4.13. The predicted molar refractivity (Wildman–Crippen MR) is 117 cm³/mol. The third-order valence-corrected chi connectivity index (χ3v) is 4.40. The topological polar surface area (TPSA) is 78.3 Å². The predicted octanol–water partition coefficient (Wildman–Crippen LogP) is 4.44. The van der Waals surface area contributed by atoms with Crippen LogP contribution in [0.3, 0.4) is 0 Å². The zero-order valence-electron chi connectivity index (χ0n) is 17.1. The zero-order chi connectivity index (χ0) is 21.5. The molecule has 0 aliphatic heterocycles. The number of anilines is 1. The van der Waals surface area contributed by atoms with E-state index >= 15 is 0 Å². The molecule has 4 rings (SSSR count). The summed E-state index contributed by atoms with van der Waals surface area (Å²) in [5.74, 6) is 2.09. The van der Waals surface area contributed by atoms with E-state index in [9.17, 15) is 4.79 Å². The monoisotopic (exact) mass is 414 g/mol. The SMILES string of the molecule is Cc1cc(NC(=O)COc2ccc(Oc3ccccn3)cc2)n(Cc2ccccc2)n1. The molecule has 31 heavy (non-hydrogen) atoms. The number of hydrogen-bond donors (Lipinski definition) is 1. The van der Waals surface area contributed by atoms with Gasteiger partial charge < -0.3 is 14.8 Å². The van der Waals surface area contributed by atoms with Crippen LogP contribution < -0.4 is 14.8 Å². The number of pyridine rings is 1. The Kier molecular flexibility index (Phi) is 6.23. The lowest BCUT2D eigenvalue weighted by atomic mass is 10.2.